The molecule has 0 spiro atoms. The van der Waals surface area contributed by atoms with Crippen molar-refractivity contribution < 1.29 is 0 Å². The van der Waals surface area contributed by atoms with Gasteiger partial charge in [0.05, 0.1) is 6.04 Å². The van der Waals surface area contributed by atoms with E-state index in [1.165, 1.54) is 0 Å². The van der Waals surface area contributed by atoms with Gasteiger partial charge in [0.1, 0.15) is 5.01 Å². The summed E-state index contributed by atoms with van der Waals surface area (Å²) in [5.41, 5.74) is 0.989. The van der Waals surface area contributed by atoms with Crippen LogP contribution in [0.2, 0.25) is 10.4 Å². The molecule has 0 bridgehead atoms. The van der Waals surface area contributed by atoms with Gasteiger partial charge in [-0.15, -0.1) is 21.5 Å². The number of aryl methyl sites for hydroxylation is 1. The SMILES string of the molecule is Cc1csc(C(C)Nc2nc(Cl)nnc2Cl)n1. The summed E-state index contributed by atoms with van der Waals surface area (Å²) >= 11 is 13.1. The number of nitrogens with zero attached hydrogens (tertiary/aromatic N) is 4. The van der Waals surface area contributed by atoms with E-state index in [0.29, 0.717) is 5.82 Å². The van der Waals surface area contributed by atoms with Crippen LogP contribution in [0.3, 0.4) is 0 Å². The standard InChI is InChI=1S/C9H9Cl2N5S/c1-4-3-17-8(12-4)5(2)13-7-6(10)15-16-9(11)14-7/h3,5H,1-2H3,(H,13,14,16). The summed E-state index contributed by atoms with van der Waals surface area (Å²) in [5.74, 6) is 0.409. The van der Waals surface area contributed by atoms with Crippen LogP contribution in [0.1, 0.15) is 23.7 Å². The molecule has 2 aromatic heterocycles. The smallest absolute Gasteiger partial charge is 0.245 e. The Morgan fingerprint density at radius 1 is 1.29 bits per heavy atom. The van der Waals surface area contributed by atoms with Crippen LogP contribution >= 0.6 is 34.5 Å². The zero-order valence-electron chi connectivity index (χ0n) is 9.11. The molecule has 0 aliphatic carbocycles. The Kier molecular flexibility index (Phi) is 3.76. The quantitative estimate of drug-likeness (QED) is 0.941. The topological polar surface area (TPSA) is 63.6 Å². The summed E-state index contributed by atoms with van der Waals surface area (Å²) in [6.07, 6.45) is 0. The largest absolute Gasteiger partial charge is 0.358 e. The lowest BCUT2D eigenvalue weighted by Gasteiger charge is -2.12. The molecule has 1 atom stereocenters. The van der Waals surface area contributed by atoms with Gasteiger partial charge in [-0.1, -0.05) is 11.6 Å². The van der Waals surface area contributed by atoms with Crippen molar-refractivity contribution in [1.29, 1.82) is 0 Å². The Balaban J connectivity index is 2.18. The van der Waals surface area contributed by atoms with Gasteiger partial charge in [0.15, 0.2) is 11.0 Å². The molecule has 8 heteroatoms. The molecule has 1 N–H and O–H groups in total. The van der Waals surface area contributed by atoms with Crippen molar-refractivity contribution in [3.8, 4) is 0 Å². The van der Waals surface area contributed by atoms with Crippen molar-refractivity contribution in [2.24, 2.45) is 0 Å². The van der Waals surface area contributed by atoms with Crippen LogP contribution in [0.15, 0.2) is 5.38 Å². The maximum absolute atomic E-state index is 5.86. The van der Waals surface area contributed by atoms with Crippen molar-refractivity contribution in [1.82, 2.24) is 20.2 Å². The summed E-state index contributed by atoms with van der Waals surface area (Å²) in [4.78, 5) is 8.35. The van der Waals surface area contributed by atoms with Crippen molar-refractivity contribution in [2.45, 2.75) is 19.9 Å². The molecule has 0 saturated heterocycles. The van der Waals surface area contributed by atoms with Crippen molar-refractivity contribution >= 4 is 40.4 Å². The van der Waals surface area contributed by atoms with E-state index in [9.17, 15) is 0 Å². The Hall–Kier alpha value is -0.980. The molecule has 0 radical (unpaired) electrons. The van der Waals surface area contributed by atoms with Crippen molar-refractivity contribution in [3.63, 3.8) is 0 Å². The minimum atomic E-state index is -0.0148. The normalized spacial score (nSPS) is 12.5. The van der Waals surface area contributed by atoms with Gasteiger partial charge < -0.3 is 5.32 Å². The lowest BCUT2D eigenvalue weighted by molar-refractivity contribution is 0.843. The first-order valence-electron chi connectivity index (χ1n) is 4.80. The molecular formula is C9H9Cl2N5S. The number of aromatic nitrogens is 4. The predicted molar refractivity (Wildman–Crippen MR) is 68.7 cm³/mol. The van der Waals surface area contributed by atoms with E-state index in [-0.39, 0.29) is 16.5 Å². The Bertz CT molecular complexity index is 530. The molecule has 0 amide bonds. The summed E-state index contributed by atoms with van der Waals surface area (Å²) in [7, 11) is 0. The van der Waals surface area contributed by atoms with Crippen LogP contribution in [0.4, 0.5) is 5.82 Å². The first-order valence-corrected chi connectivity index (χ1v) is 6.44. The average molecular weight is 290 g/mol. The van der Waals surface area contributed by atoms with Crippen LogP contribution < -0.4 is 5.32 Å². The third kappa shape index (κ3) is 3.02. The third-order valence-electron chi connectivity index (χ3n) is 1.98. The van der Waals surface area contributed by atoms with Crippen molar-refractivity contribution in [2.75, 3.05) is 5.32 Å². The summed E-state index contributed by atoms with van der Waals surface area (Å²) in [6.45, 7) is 3.91. The Labute approximate surface area is 112 Å². The number of rotatable bonds is 3. The minimum Gasteiger partial charge on any atom is -0.358 e. The lowest BCUT2D eigenvalue weighted by Crippen LogP contribution is -2.09. The fraction of sp³-hybridized carbons (Fsp3) is 0.333. The molecule has 0 saturated carbocycles. The highest BCUT2D eigenvalue weighted by atomic mass is 35.5. The number of thiazole rings is 1. The van der Waals surface area contributed by atoms with Crippen molar-refractivity contribution in [3.05, 3.63) is 26.5 Å². The number of nitrogens with one attached hydrogen (secondary N) is 1. The molecule has 2 rings (SSSR count). The van der Waals surface area contributed by atoms with Crippen LogP contribution in [-0.2, 0) is 0 Å². The highest BCUT2D eigenvalue weighted by Crippen LogP contribution is 2.24. The zero-order valence-corrected chi connectivity index (χ0v) is 11.4. The number of hydrogen-bond donors (Lipinski definition) is 1. The second-order valence-corrected chi connectivity index (χ2v) is 5.00. The number of hydrogen-bond acceptors (Lipinski definition) is 6. The van der Waals surface area contributed by atoms with Gasteiger partial charge in [0.25, 0.3) is 0 Å². The Morgan fingerprint density at radius 2 is 2.06 bits per heavy atom. The lowest BCUT2D eigenvalue weighted by atomic mass is 10.3. The molecular weight excluding hydrogens is 281 g/mol. The minimum absolute atomic E-state index is 0.0148. The molecule has 2 heterocycles. The van der Waals surface area contributed by atoms with Gasteiger partial charge in [-0.3, -0.25) is 0 Å². The Morgan fingerprint density at radius 3 is 2.71 bits per heavy atom. The van der Waals surface area contributed by atoms with E-state index in [2.05, 4.69) is 25.5 Å². The zero-order chi connectivity index (χ0) is 12.4. The van der Waals surface area contributed by atoms with E-state index >= 15 is 0 Å². The second-order valence-electron chi connectivity index (χ2n) is 3.41. The number of anilines is 1. The molecule has 0 fully saturated rings. The van der Waals surface area contributed by atoms with Gasteiger partial charge in [-0.2, -0.15) is 4.98 Å². The molecule has 1 unspecified atom stereocenters. The van der Waals surface area contributed by atoms with Crippen LogP contribution in [0, 0.1) is 6.92 Å². The molecule has 0 aliphatic rings. The highest BCUT2D eigenvalue weighted by molar-refractivity contribution is 7.09. The van der Waals surface area contributed by atoms with E-state index in [1.54, 1.807) is 11.3 Å². The summed E-state index contributed by atoms with van der Waals surface area (Å²) in [6, 6.07) is -0.0148. The molecule has 2 aromatic rings. The maximum atomic E-state index is 5.86. The van der Waals surface area contributed by atoms with Crippen LogP contribution in [0.5, 0.6) is 0 Å². The molecule has 0 aromatic carbocycles. The second kappa shape index (κ2) is 5.12. The van der Waals surface area contributed by atoms with E-state index < -0.39 is 0 Å². The van der Waals surface area contributed by atoms with E-state index in [4.69, 9.17) is 23.2 Å². The van der Waals surface area contributed by atoms with Gasteiger partial charge in [-0.05, 0) is 25.4 Å². The molecule has 17 heavy (non-hydrogen) atoms. The van der Waals surface area contributed by atoms with Gasteiger partial charge in [0, 0.05) is 11.1 Å². The maximum Gasteiger partial charge on any atom is 0.245 e. The highest BCUT2D eigenvalue weighted by Gasteiger charge is 2.13. The fourth-order valence-electron chi connectivity index (χ4n) is 1.22. The molecule has 5 nitrogen and oxygen atoms in total. The monoisotopic (exact) mass is 289 g/mol. The van der Waals surface area contributed by atoms with Crippen LogP contribution in [0.25, 0.3) is 0 Å². The van der Waals surface area contributed by atoms with Crippen LogP contribution in [-0.4, -0.2) is 20.2 Å². The van der Waals surface area contributed by atoms with E-state index in [1.807, 2.05) is 19.2 Å². The first-order chi connectivity index (χ1) is 8.06. The van der Waals surface area contributed by atoms with E-state index in [0.717, 1.165) is 10.7 Å². The van der Waals surface area contributed by atoms with Gasteiger partial charge in [-0.25, -0.2) is 4.98 Å². The molecule has 90 valence electrons. The first kappa shape index (κ1) is 12.5. The number of halogens is 2. The third-order valence-corrected chi connectivity index (χ3v) is 3.54. The van der Waals surface area contributed by atoms with Gasteiger partial charge in [0.2, 0.25) is 5.28 Å². The van der Waals surface area contributed by atoms with Gasteiger partial charge >= 0.3 is 0 Å². The predicted octanol–water partition coefficient (Wildman–Crippen LogP) is 3.12. The average Bonchev–Trinajstić information content (AvgIpc) is 2.70. The summed E-state index contributed by atoms with van der Waals surface area (Å²) < 4.78 is 0. The fourth-order valence-corrected chi connectivity index (χ4v) is 2.28. The summed E-state index contributed by atoms with van der Waals surface area (Å²) in [5, 5.41) is 13.5. The molecule has 0 aliphatic heterocycles.